The highest BCUT2D eigenvalue weighted by Crippen LogP contribution is 2.23. The van der Waals surface area contributed by atoms with Crippen LogP contribution in [-0.4, -0.2) is 48.0 Å². The number of carbonyl (C=O) groups excluding carboxylic acids is 1. The second-order valence-electron chi connectivity index (χ2n) is 6.09. The van der Waals surface area contributed by atoms with Crippen molar-refractivity contribution < 1.29 is 4.79 Å². The summed E-state index contributed by atoms with van der Waals surface area (Å²) in [5, 5.41) is 3.44. The number of carbonyl (C=O) groups is 1. The average Bonchev–Trinajstić information content (AvgIpc) is 2.91. The number of thiazole rings is 1. The van der Waals surface area contributed by atoms with Crippen LogP contribution >= 0.6 is 11.3 Å². The Labute approximate surface area is 142 Å². The molecule has 23 heavy (non-hydrogen) atoms. The van der Waals surface area contributed by atoms with Gasteiger partial charge in [-0.3, -0.25) is 4.79 Å². The van der Waals surface area contributed by atoms with Crippen LogP contribution < -0.4 is 5.32 Å². The summed E-state index contributed by atoms with van der Waals surface area (Å²) in [7, 11) is 4.05. The van der Waals surface area contributed by atoms with Gasteiger partial charge in [-0.05, 0) is 58.5 Å². The zero-order valence-corrected chi connectivity index (χ0v) is 15.3. The molecule has 0 fully saturated rings. The summed E-state index contributed by atoms with van der Waals surface area (Å²) in [6, 6.07) is 2.09. The van der Waals surface area contributed by atoms with Crippen molar-refractivity contribution in [3.05, 3.63) is 22.3 Å². The maximum Gasteiger partial charge on any atom is 0.280 e. The van der Waals surface area contributed by atoms with Crippen molar-refractivity contribution in [3.63, 3.8) is 0 Å². The standard InChI is InChI=1S/C17H26N4OS/c1-5-6-8-13-11-14-16(19-12(13)2)23-17(20-14)15(22)18-9-7-10-21(3)4/h11H,5-10H2,1-4H3,(H,18,22). The number of aryl methyl sites for hydroxylation is 2. The quantitative estimate of drug-likeness (QED) is 0.754. The maximum absolute atomic E-state index is 12.2. The van der Waals surface area contributed by atoms with Gasteiger partial charge in [0.1, 0.15) is 10.3 Å². The van der Waals surface area contributed by atoms with Crippen molar-refractivity contribution >= 4 is 27.6 Å². The summed E-state index contributed by atoms with van der Waals surface area (Å²) >= 11 is 1.37. The molecule has 0 radical (unpaired) electrons. The van der Waals surface area contributed by atoms with Crippen molar-refractivity contribution in [3.8, 4) is 0 Å². The third-order valence-electron chi connectivity index (χ3n) is 3.74. The van der Waals surface area contributed by atoms with Gasteiger partial charge in [-0.2, -0.15) is 0 Å². The number of nitrogens with one attached hydrogen (secondary N) is 1. The molecule has 0 atom stereocenters. The van der Waals surface area contributed by atoms with E-state index in [1.807, 2.05) is 21.0 Å². The van der Waals surface area contributed by atoms with Crippen LogP contribution in [0.4, 0.5) is 0 Å². The topological polar surface area (TPSA) is 58.1 Å². The normalized spacial score (nSPS) is 11.3. The molecule has 0 aliphatic rings. The van der Waals surface area contributed by atoms with E-state index < -0.39 is 0 Å². The zero-order valence-electron chi connectivity index (χ0n) is 14.5. The lowest BCUT2D eigenvalue weighted by Gasteiger charge is -2.08. The van der Waals surface area contributed by atoms with Gasteiger partial charge >= 0.3 is 0 Å². The molecule has 0 aliphatic heterocycles. The van der Waals surface area contributed by atoms with Crippen LogP contribution in [0.1, 0.15) is 47.2 Å². The van der Waals surface area contributed by atoms with Crippen molar-refractivity contribution in [1.29, 1.82) is 0 Å². The van der Waals surface area contributed by atoms with Crippen LogP contribution in [0.3, 0.4) is 0 Å². The van der Waals surface area contributed by atoms with E-state index in [1.54, 1.807) is 0 Å². The summed E-state index contributed by atoms with van der Waals surface area (Å²) in [5.41, 5.74) is 3.13. The molecule has 0 unspecified atom stereocenters. The Morgan fingerprint density at radius 1 is 1.30 bits per heavy atom. The molecular formula is C17H26N4OS. The predicted molar refractivity (Wildman–Crippen MR) is 96.3 cm³/mol. The molecule has 2 aromatic rings. The fraction of sp³-hybridized carbons (Fsp3) is 0.588. The number of amides is 1. The first-order chi connectivity index (χ1) is 11.0. The minimum absolute atomic E-state index is 0.0977. The second-order valence-corrected chi connectivity index (χ2v) is 7.07. The highest BCUT2D eigenvalue weighted by atomic mass is 32.1. The SMILES string of the molecule is CCCCc1cc2nc(C(=O)NCCCN(C)C)sc2nc1C. The van der Waals surface area contributed by atoms with E-state index in [9.17, 15) is 4.79 Å². The van der Waals surface area contributed by atoms with E-state index >= 15 is 0 Å². The third-order valence-corrected chi connectivity index (χ3v) is 4.70. The van der Waals surface area contributed by atoms with Crippen LogP contribution in [0.5, 0.6) is 0 Å². The van der Waals surface area contributed by atoms with Crippen molar-refractivity contribution in [2.45, 2.75) is 39.5 Å². The lowest BCUT2D eigenvalue weighted by Crippen LogP contribution is -2.26. The Hall–Kier alpha value is -1.53. The zero-order chi connectivity index (χ0) is 16.8. The summed E-state index contributed by atoms with van der Waals surface area (Å²) < 4.78 is 0. The molecule has 5 nitrogen and oxygen atoms in total. The smallest absolute Gasteiger partial charge is 0.280 e. The first-order valence-electron chi connectivity index (χ1n) is 8.21. The van der Waals surface area contributed by atoms with Crippen molar-refractivity contribution in [2.24, 2.45) is 0 Å². The molecule has 1 N–H and O–H groups in total. The monoisotopic (exact) mass is 334 g/mol. The first kappa shape index (κ1) is 17.8. The molecule has 0 bridgehead atoms. The lowest BCUT2D eigenvalue weighted by molar-refractivity contribution is 0.0952. The van der Waals surface area contributed by atoms with Crippen LogP contribution in [-0.2, 0) is 6.42 Å². The summed E-state index contributed by atoms with van der Waals surface area (Å²) in [6.07, 6.45) is 4.27. The fourth-order valence-electron chi connectivity index (χ4n) is 2.38. The molecule has 2 rings (SSSR count). The van der Waals surface area contributed by atoms with Gasteiger partial charge in [0, 0.05) is 12.2 Å². The number of aromatic nitrogens is 2. The van der Waals surface area contributed by atoms with Crippen LogP contribution in [0.25, 0.3) is 10.3 Å². The van der Waals surface area contributed by atoms with Gasteiger partial charge in [-0.15, -0.1) is 0 Å². The molecule has 126 valence electrons. The molecule has 0 aliphatic carbocycles. The predicted octanol–water partition coefficient (Wildman–Crippen LogP) is 3.02. The van der Waals surface area contributed by atoms with Crippen molar-refractivity contribution in [2.75, 3.05) is 27.2 Å². The number of hydrogen-bond acceptors (Lipinski definition) is 5. The van der Waals surface area contributed by atoms with Gasteiger partial charge in [-0.25, -0.2) is 9.97 Å². The molecule has 0 saturated carbocycles. The Balaban J connectivity index is 2.05. The van der Waals surface area contributed by atoms with E-state index in [1.165, 1.54) is 16.9 Å². The molecule has 0 spiro atoms. The van der Waals surface area contributed by atoms with Gasteiger partial charge in [0.25, 0.3) is 5.91 Å². The van der Waals surface area contributed by atoms with E-state index in [2.05, 4.69) is 33.2 Å². The molecule has 1 amide bonds. The Morgan fingerprint density at radius 3 is 2.78 bits per heavy atom. The molecular weight excluding hydrogens is 308 g/mol. The number of rotatable bonds is 8. The minimum Gasteiger partial charge on any atom is -0.350 e. The Morgan fingerprint density at radius 2 is 2.09 bits per heavy atom. The van der Waals surface area contributed by atoms with Gasteiger partial charge in [0.15, 0.2) is 5.01 Å². The van der Waals surface area contributed by atoms with Gasteiger partial charge in [-0.1, -0.05) is 24.7 Å². The Kier molecular flexibility index (Phi) is 6.47. The summed E-state index contributed by atoms with van der Waals surface area (Å²) in [5.74, 6) is -0.0977. The van der Waals surface area contributed by atoms with Crippen LogP contribution in [0, 0.1) is 6.92 Å². The number of pyridine rings is 1. The number of unbranched alkanes of at least 4 members (excludes halogenated alkanes) is 1. The number of nitrogens with zero attached hydrogens (tertiary/aromatic N) is 3. The van der Waals surface area contributed by atoms with Gasteiger partial charge < -0.3 is 10.2 Å². The second kappa shape index (κ2) is 8.36. The van der Waals surface area contributed by atoms with E-state index in [0.717, 1.165) is 48.3 Å². The van der Waals surface area contributed by atoms with E-state index in [4.69, 9.17) is 0 Å². The lowest BCUT2D eigenvalue weighted by atomic mass is 10.1. The average molecular weight is 334 g/mol. The van der Waals surface area contributed by atoms with Gasteiger partial charge in [0.2, 0.25) is 0 Å². The summed E-state index contributed by atoms with van der Waals surface area (Å²) in [4.78, 5) is 24.2. The molecule has 6 heteroatoms. The number of fused-ring (bicyclic) bond motifs is 1. The highest BCUT2D eigenvalue weighted by Gasteiger charge is 2.14. The first-order valence-corrected chi connectivity index (χ1v) is 9.03. The molecule has 0 aromatic carbocycles. The van der Waals surface area contributed by atoms with Crippen molar-refractivity contribution in [1.82, 2.24) is 20.2 Å². The van der Waals surface area contributed by atoms with Gasteiger partial charge in [0.05, 0.1) is 0 Å². The van der Waals surface area contributed by atoms with Crippen LogP contribution in [0.15, 0.2) is 6.07 Å². The van der Waals surface area contributed by atoms with Crippen LogP contribution in [0.2, 0.25) is 0 Å². The minimum atomic E-state index is -0.0977. The third kappa shape index (κ3) is 4.97. The Bertz CT molecular complexity index is 666. The molecule has 2 heterocycles. The molecule has 2 aromatic heterocycles. The molecule has 0 saturated heterocycles. The summed E-state index contributed by atoms with van der Waals surface area (Å²) in [6.45, 7) is 5.84. The maximum atomic E-state index is 12.2. The highest BCUT2D eigenvalue weighted by molar-refractivity contribution is 7.19. The number of hydrogen-bond donors (Lipinski definition) is 1. The fourth-order valence-corrected chi connectivity index (χ4v) is 3.27. The largest absolute Gasteiger partial charge is 0.350 e. The van der Waals surface area contributed by atoms with E-state index in [0.29, 0.717) is 11.6 Å². The van der Waals surface area contributed by atoms with E-state index in [-0.39, 0.29) is 5.91 Å².